The van der Waals surface area contributed by atoms with Crippen LogP contribution >= 0.6 is 0 Å². The van der Waals surface area contributed by atoms with Crippen molar-refractivity contribution in [2.24, 2.45) is 4.99 Å². The summed E-state index contributed by atoms with van der Waals surface area (Å²) in [5.41, 5.74) is -0.0273. The molecule has 1 saturated heterocycles. The van der Waals surface area contributed by atoms with E-state index in [0.717, 1.165) is 0 Å². The molecule has 2 N–H and O–H groups in total. The molecule has 1 heterocycles. The molecule has 2 unspecified atom stereocenters. The summed E-state index contributed by atoms with van der Waals surface area (Å²) in [6.45, 7) is 2.61. The van der Waals surface area contributed by atoms with Crippen LogP contribution in [0.3, 0.4) is 0 Å². The number of nitrogens with one attached hydrogen (secondary N) is 2. The summed E-state index contributed by atoms with van der Waals surface area (Å²) in [4.78, 5) is 6.13. The van der Waals surface area contributed by atoms with Crippen LogP contribution in [0.25, 0.3) is 0 Å². The molecule has 26 heavy (non-hydrogen) atoms. The molecule has 146 valence electrons. The maximum Gasteiger partial charge on any atom is 0.191 e. The lowest BCUT2D eigenvalue weighted by molar-refractivity contribution is 0.290. The molecule has 0 radical (unpaired) electrons. The Labute approximate surface area is 153 Å². The lowest BCUT2D eigenvalue weighted by Gasteiger charge is -2.25. The number of halogens is 2. The zero-order valence-electron chi connectivity index (χ0n) is 15.3. The fourth-order valence-electron chi connectivity index (χ4n) is 2.94. The van der Waals surface area contributed by atoms with Crippen LogP contribution in [-0.4, -0.2) is 64.0 Å². The first-order chi connectivity index (χ1) is 12.2. The Morgan fingerprint density at radius 2 is 2.00 bits per heavy atom. The number of aliphatic imine (C=N–C) groups is 1. The van der Waals surface area contributed by atoms with Gasteiger partial charge in [0.2, 0.25) is 0 Å². The Balaban J connectivity index is 2.17. The highest BCUT2D eigenvalue weighted by Gasteiger charge is 2.28. The molecule has 0 spiro atoms. The highest BCUT2D eigenvalue weighted by atomic mass is 32.2. The second kappa shape index (κ2) is 8.77. The molecular weight excluding hydrogens is 362 g/mol. The van der Waals surface area contributed by atoms with Gasteiger partial charge in [0.05, 0.1) is 24.1 Å². The fraction of sp³-hybridized carbons (Fsp3) is 0.588. The number of guanidine groups is 1. The third-order valence-electron chi connectivity index (χ3n) is 4.30. The van der Waals surface area contributed by atoms with Crippen molar-refractivity contribution in [3.63, 3.8) is 0 Å². The van der Waals surface area contributed by atoms with E-state index in [9.17, 15) is 17.2 Å². The average molecular weight is 388 g/mol. The van der Waals surface area contributed by atoms with Gasteiger partial charge in [0, 0.05) is 18.2 Å². The van der Waals surface area contributed by atoms with Crippen LogP contribution in [-0.2, 0) is 9.84 Å². The number of hydrogen-bond acceptors (Lipinski definition) is 4. The first-order valence-electron chi connectivity index (χ1n) is 8.59. The number of benzene rings is 1. The number of likely N-dealkylation sites (N-methyl/N-ethyl adjacent to an activating group) is 1. The van der Waals surface area contributed by atoms with Crippen LogP contribution in [0.15, 0.2) is 23.2 Å². The summed E-state index contributed by atoms with van der Waals surface area (Å²) in [7, 11) is 0.457. The van der Waals surface area contributed by atoms with Gasteiger partial charge < -0.3 is 15.5 Å². The molecule has 2 atom stereocenters. The Morgan fingerprint density at radius 3 is 2.50 bits per heavy atom. The number of nitrogens with zero attached hydrogens (tertiary/aromatic N) is 2. The lowest BCUT2D eigenvalue weighted by atomic mass is 10.0. The van der Waals surface area contributed by atoms with E-state index in [2.05, 4.69) is 15.6 Å². The van der Waals surface area contributed by atoms with E-state index in [4.69, 9.17) is 0 Å². The third kappa shape index (κ3) is 5.38. The van der Waals surface area contributed by atoms with Crippen molar-refractivity contribution in [1.82, 2.24) is 15.5 Å². The van der Waals surface area contributed by atoms with Gasteiger partial charge in [-0.2, -0.15) is 0 Å². The van der Waals surface area contributed by atoms with Crippen molar-refractivity contribution in [2.45, 2.75) is 25.4 Å². The normalized spacial score (nSPS) is 21.0. The van der Waals surface area contributed by atoms with E-state index in [-0.39, 0.29) is 29.7 Å². The molecular formula is C17H26F2N4O2S. The first-order valence-corrected chi connectivity index (χ1v) is 10.4. The molecule has 9 heteroatoms. The molecule has 0 bridgehead atoms. The minimum Gasteiger partial charge on any atom is -0.357 e. The van der Waals surface area contributed by atoms with E-state index in [1.807, 2.05) is 6.92 Å². The second-order valence-electron chi connectivity index (χ2n) is 6.58. The molecule has 0 saturated carbocycles. The standard InChI is InChI=1S/C17H26F2N4O2S/c1-4-20-17(22-12-8-9-26(24,25)11-12)21-10-15(23(2)3)16-13(18)6-5-7-14(16)19/h5-7,12,15H,4,8-11H2,1-3H3,(H2,20,21,22). The van der Waals surface area contributed by atoms with Gasteiger partial charge in [-0.15, -0.1) is 0 Å². The number of sulfone groups is 1. The Kier molecular flexibility index (Phi) is 6.94. The minimum atomic E-state index is -3.01. The Morgan fingerprint density at radius 1 is 1.35 bits per heavy atom. The van der Waals surface area contributed by atoms with E-state index < -0.39 is 27.5 Å². The van der Waals surface area contributed by atoms with Crippen molar-refractivity contribution in [3.8, 4) is 0 Å². The van der Waals surface area contributed by atoms with Crippen LogP contribution in [0, 0.1) is 11.6 Å². The van der Waals surface area contributed by atoms with Crippen LogP contribution in [0.1, 0.15) is 24.9 Å². The average Bonchev–Trinajstić information content (AvgIpc) is 2.88. The summed E-state index contributed by atoms with van der Waals surface area (Å²) >= 11 is 0. The quantitative estimate of drug-likeness (QED) is 0.568. The zero-order chi connectivity index (χ0) is 19.3. The van der Waals surface area contributed by atoms with Crippen molar-refractivity contribution in [3.05, 3.63) is 35.4 Å². The topological polar surface area (TPSA) is 73.8 Å². The van der Waals surface area contributed by atoms with Gasteiger partial charge >= 0.3 is 0 Å². The van der Waals surface area contributed by atoms with Crippen LogP contribution in [0.2, 0.25) is 0 Å². The van der Waals surface area contributed by atoms with Crippen LogP contribution in [0.5, 0.6) is 0 Å². The molecule has 1 aromatic rings. The Bertz CT molecular complexity index is 733. The highest BCUT2D eigenvalue weighted by molar-refractivity contribution is 7.91. The van der Waals surface area contributed by atoms with Gasteiger partial charge in [-0.05, 0) is 39.6 Å². The van der Waals surface area contributed by atoms with Crippen molar-refractivity contribution in [2.75, 3.05) is 38.7 Å². The van der Waals surface area contributed by atoms with Gasteiger partial charge in [0.15, 0.2) is 15.8 Å². The molecule has 1 aliphatic heterocycles. The largest absolute Gasteiger partial charge is 0.357 e. The number of rotatable bonds is 6. The molecule has 1 aromatic carbocycles. The molecule has 1 aliphatic rings. The van der Waals surface area contributed by atoms with E-state index >= 15 is 0 Å². The van der Waals surface area contributed by atoms with Gasteiger partial charge in [-0.1, -0.05) is 6.07 Å². The molecule has 2 rings (SSSR count). The predicted octanol–water partition coefficient (Wildman–Crippen LogP) is 1.31. The first kappa shape index (κ1) is 20.6. The van der Waals surface area contributed by atoms with Crippen LogP contribution in [0.4, 0.5) is 8.78 Å². The minimum absolute atomic E-state index is 0.0273. The summed E-state index contributed by atoms with van der Waals surface area (Å²) in [6, 6.07) is 2.99. The van der Waals surface area contributed by atoms with Gasteiger partial charge in [0.25, 0.3) is 0 Å². The summed E-state index contributed by atoms with van der Waals surface area (Å²) in [6.07, 6.45) is 0.520. The molecule has 1 fully saturated rings. The lowest BCUT2D eigenvalue weighted by Crippen LogP contribution is -2.44. The monoisotopic (exact) mass is 388 g/mol. The maximum atomic E-state index is 14.1. The smallest absolute Gasteiger partial charge is 0.191 e. The molecule has 6 nitrogen and oxygen atoms in total. The van der Waals surface area contributed by atoms with Crippen molar-refractivity contribution >= 4 is 15.8 Å². The summed E-state index contributed by atoms with van der Waals surface area (Å²) < 4.78 is 51.5. The highest BCUT2D eigenvalue weighted by Crippen LogP contribution is 2.24. The maximum absolute atomic E-state index is 14.1. The van der Waals surface area contributed by atoms with Gasteiger partial charge in [0.1, 0.15) is 11.6 Å². The van der Waals surface area contributed by atoms with Crippen LogP contribution < -0.4 is 10.6 Å². The SMILES string of the molecule is CCNC(=NCC(c1c(F)cccc1F)N(C)C)NC1CCS(=O)(=O)C1. The molecule has 0 aliphatic carbocycles. The molecule has 0 aromatic heterocycles. The predicted molar refractivity (Wildman–Crippen MR) is 99.0 cm³/mol. The Hall–Kier alpha value is -1.74. The van der Waals surface area contributed by atoms with E-state index in [1.54, 1.807) is 19.0 Å². The summed E-state index contributed by atoms with van der Waals surface area (Å²) in [5, 5.41) is 6.15. The fourth-order valence-corrected chi connectivity index (χ4v) is 4.62. The van der Waals surface area contributed by atoms with Gasteiger partial charge in [-0.25, -0.2) is 17.2 Å². The number of hydrogen-bond donors (Lipinski definition) is 2. The van der Waals surface area contributed by atoms with Gasteiger partial charge in [-0.3, -0.25) is 4.99 Å². The summed E-state index contributed by atoms with van der Waals surface area (Å²) in [5.74, 6) is -0.558. The van der Waals surface area contributed by atoms with E-state index in [1.165, 1.54) is 18.2 Å². The zero-order valence-corrected chi connectivity index (χ0v) is 16.1. The second-order valence-corrected chi connectivity index (χ2v) is 8.81. The van der Waals surface area contributed by atoms with Crippen molar-refractivity contribution in [1.29, 1.82) is 0 Å². The molecule has 0 amide bonds. The third-order valence-corrected chi connectivity index (χ3v) is 6.06. The van der Waals surface area contributed by atoms with E-state index in [0.29, 0.717) is 18.9 Å². The van der Waals surface area contributed by atoms with Crippen molar-refractivity contribution < 1.29 is 17.2 Å².